The monoisotopic (exact) mass is 348 g/mol. The first kappa shape index (κ1) is 17.0. The molecule has 4 atom stereocenters. The van der Waals surface area contributed by atoms with Gasteiger partial charge in [0.15, 0.2) is 11.6 Å². The van der Waals surface area contributed by atoms with Gasteiger partial charge in [-0.15, -0.1) is 0 Å². The van der Waals surface area contributed by atoms with Gasteiger partial charge in [0.25, 0.3) is 0 Å². The molecule has 1 amide bonds. The summed E-state index contributed by atoms with van der Waals surface area (Å²) in [6.07, 6.45) is 4.04. The molecule has 3 aliphatic rings. The Labute approximate surface area is 148 Å². The van der Waals surface area contributed by atoms with E-state index in [2.05, 4.69) is 18.7 Å². The lowest BCUT2D eigenvalue weighted by Gasteiger charge is -2.32. The van der Waals surface area contributed by atoms with Crippen molar-refractivity contribution in [1.82, 2.24) is 9.80 Å². The Balaban J connectivity index is 1.45. The minimum Gasteiger partial charge on any atom is -0.341 e. The van der Waals surface area contributed by atoms with Crippen LogP contribution >= 0.6 is 0 Å². The zero-order valence-electron chi connectivity index (χ0n) is 14.9. The van der Waals surface area contributed by atoms with E-state index in [4.69, 9.17) is 0 Å². The summed E-state index contributed by atoms with van der Waals surface area (Å²) in [5.41, 5.74) is 0.360. The predicted molar refractivity (Wildman–Crippen MR) is 92.2 cm³/mol. The van der Waals surface area contributed by atoms with E-state index < -0.39 is 11.6 Å². The molecule has 3 nitrogen and oxygen atoms in total. The third-order valence-corrected chi connectivity index (χ3v) is 6.24. The van der Waals surface area contributed by atoms with Crippen LogP contribution in [0.2, 0.25) is 0 Å². The van der Waals surface area contributed by atoms with Crippen molar-refractivity contribution in [1.29, 1.82) is 0 Å². The number of carbonyl (C=O) groups is 1. The van der Waals surface area contributed by atoms with Crippen LogP contribution in [0.3, 0.4) is 0 Å². The van der Waals surface area contributed by atoms with Gasteiger partial charge in [-0.25, -0.2) is 8.78 Å². The van der Waals surface area contributed by atoms with Gasteiger partial charge in [0.2, 0.25) is 5.91 Å². The van der Waals surface area contributed by atoms with Crippen LogP contribution < -0.4 is 0 Å². The normalized spacial score (nSPS) is 32.1. The predicted octanol–water partition coefficient (Wildman–Crippen LogP) is 3.54. The quantitative estimate of drug-likeness (QED) is 0.834. The van der Waals surface area contributed by atoms with Crippen molar-refractivity contribution >= 4 is 5.91 Å². The van der Waals surface area contributed by atoms with Gasteiger partial charge in [-0.1, -0.05) is 12.1 Å². The lowest BCUT2D eigenvalue weighted by Crippen LogP contribution is -2.44. The van der Waals surface area contributed by atoms with E-state index in [0.29, 0.717) is 30.1 Å². The van der Waals surface area contributed by atoms with Gasteiger partial charge in [0.05, 0.1) is 0 Å². The fraction of sp³-hybridized carbons (Fsp3) is 0.650. The molecule has 2 saturated heterocycles. The summed E-state index contributed by atoms with van der Waals surface area (Å²) in [6, 6.07) is 5.80. The summed E-state index contributed by atoms with van der Waals surface area (Å²) in [7, 11) is 0. The van der Waals surface area contributed by atoms with Gasteiger partial charge in [-0.05, 0) is 57.1 Å². The van der Waals surface area contributed by atoms with Crippen molar-refractivity contribution in [3.8, 4) is 0 Å². The van der Waals surface area contributed by atoms with Crippen LogP contribution in [-0.4, -0.2) is 46.9 Å². The summed E-state index contributed by atoms with van der Waals surface area (Å²) in [4.78, 5) is 17.5. The van der Waals surface area contributed by atoms with Gasteiger partial charge >= 0.3 is 0 Å². The Morgan fingerprint density at radius 1 is 1.16 bits per heavy atom. The number of hydrogen-bond donors (Lipinski definition) is 0. The van der Waals surface area contributed by atoms with Crippen LogP contribution in [0.4, 0.5) is 8.78 Å². The summed E-state index contributed by atoms with van der Waals surface area (Å²) >= 11 is 0. The Bertz CT molecular complexity index is 678. The second kappa shape index (κ2) is 6.35. The van der Waals surface area contributed by atoms with E-state index in [0.717, 1.165) is 32.0 Å². The molecular weight excluding hydrogens is 322 g/mol. The van der Waals surface area contributed by atoms with Gasteiger partial charge in [-0.2, -0.15) is 0 Å². The van der Waals surface area contributed by atoms with E-state index >= 15 is 0 Å². The topological polar surface area (TPSA) is 23.6 Å². The molecule has 4 rings (SSSR count). The van der Waals surface area contributed by atoms with E-state index in [9.17, 15) is 13.6 Å². The molecule has 3 fully saturated rings. The third-order valence-electron chi connectivity index (χ3n) is 6.24. The number of fused-ring (bicyclic) bond motifs is 2. The maximum atomic E-state index is 14.0. The number of benzene rings is 1. The number of amides is 1. The number of rotatable bonds is 3. The van der Waals surface area contributed by atoms with Crippen molar-refractivity contribution < 1.29 is 13.6 Å². The largest absolute Gasteiger partial charge is 0.341 e. The highest BCUT2D eigenvalue weighted by Crippen LogP contribution is 2.50. The average Bonchev–Trinajstić information content (AvgIpc) is 3.28. The van der Waals surface area contributed by atoms with Crippen LogP contribution in [0, 0.1) is 17.6 Å². The third kappa shape index (κ3) is 2.97. The highest BCUT2D eigenvalue weighted by molar-refractivity contribution is 5.83. The Morgan fingerprint density at radius 3 is 2.68 bits per heavy atom. The van der Waals surface area contributed by atoms with E-state index in [-0.39, 0.29) is 17.7 Å². The molecule has 0 N–H and O–H groups in total. The van der Waals surface area contributed by atoms with Crippen LogP contribution in [0.15, 0.2) is 18.2 Å². The van der Waals surface area contributed by atoms with Gasteiger partial charge in [0, 0.05) is 37.1 Å². The molecule has 136 valence electrons. The number of nitrogens with zero attached hydrogens (tertiary/aromatic N) is 2. The second-order valence-corrected chi connectivity index (χ2v) is 8.09. The molecule has 2 bridgehead atoms. The summed E-state index contributed by atoms with van der Waals surface area (Å²) < 4.78 is 27.4. The summed E-state index contributed by atoms with van der Waals surface area (Å²) in [6.45, 7) is 6.03. The van der Waals surface area contributed by atoms with Crippen LogP contribution in [0.5, 0.6) is 0 Å². The van der Waals surface area contributed by atoms with Crippen LogP contribution in [0.1, 0.15) is 51.0 Å². The zero-order valence-corrected chi connectivity index (χ0v) is 14.9. The molecule has 25 heavy (non-hydrogen) atoms. The molecule has 0 radical (unpaired) electrons. The van der Waals surface area contributed by atoms with Crippen molar-refractivity contribution in [3.05, 3.63) is 35.4 Å². The van der Waals surface area contributed by atoms with Crippen molar-refractivity contribution in [2.45, 2.75) is 63.6 Å². The highest BCUT2D eigenvalue weighted by atomic mass is 19.2. The lowest BCUT2D eigenvalue weighted by molar-refractivity contribution is -0.133. The summed E-state index contributed by atoms with van der Waals surface area (Å²) in [5, 5.41) is 0. The van der Waals surface area contributed by atoms with Crippen LogP contribution in [0.25, 0.3) is 0 Å². The molecule has 0 aromatic heterocycles. The molecule has 5 heteroatoms. The standard InChI is InChI=1S/C20H26F2N2O/c1-12(2)24-13-6-7-14(24)11-23(9-8-13)20(25)17-10-16(17)15-4-3-5-18(21)19(15)22/h3-5,12-14,16-17H,6-11H2,1-2H3/t13-,14-,16-,17+/m0/s1. The van der Waals surface area contributed by atoms with Crippen molar-refractivity contribution in [2.24, 2.45) is 5.92 Å². The lowest BCUT2D eigenvalue weighted by atomic mass is 10.1. The molecule has 1 aromatic rings. The molecule has 0 unspecified atom stereocenters. The summed E-state index contributed by atoms with van der Waals surface area (Å²) in [5.74, 6) is -1.82. The fourth-order valence-corrected chi connectivity index (χ4v) is 5.01. The van der Waals surface area contributed by atoms with E-state index in [1.165, 1.54) is 12.5 Å². The highest BCUT2D eigenvalue weighted by Gasteiger charge is 2.49. The first-order valence-electron chi connectivity index (χ1n) is 9.47. The minimum absolute atomic E-state index is 0.130. The maximum Gasteiger partial charge on any atom is 0.226 e. The van der Waals surface area contributed by atoms with Gasteiger partial charge in [0.1, 0.15) is 0 Å². The average molecular weight is 348 g/mol. The zero-order chi connectivity index (χ0) is 17.7. The second-order valence-electron chi connectivity index (χ2n) is 8.09. The SMILES string of the molecule is CC(C)N1[C@H]2CC[C@H]1CN(C(=O)[C@@H]1C[C@H]1c1cccc(F)c1F)CC2. The van der Waals surface area contributed by atoms with E-state index in [1.54, 1.807) is 6.07 Å². The molecule has 1 saturated carbocycles. The minimum atomic E-state index is -0.824. The Morgan fingerprint density at radius 2 is 1.92 bits per heavy atom. The van der Waals surface area contributed by atoms with Gasteiger partial charge < -0.3 is 4.90 Å². The number of likely N-dealkylation sites (tertiary alicyclic amines) is 1. The number of carbonyl (C=O) groups excluding carboxylic acids is 1. The fourth-order valence-electron chi connectivity index (χ4n) is 5.01. The van der Waals surface area contributed by atoms with Gasteiger partial charge in [-0.3, -0.25) is 9.69 Å². The molecule has 1 aromatic carbocycles. The molecule has 2 aliphatic heterocycles. The maximum absolute atomic E-state index is 14.0. The molecule has 2 heterocycles. The van der Waals surface area contributed by atoms with Crippen molar-refractivity contribution in [3.63, 3.8) is 0 Å². The Kier molecular flexibility index (Phi) is 4.30. The molecule has 0 spiro atoms. The number of hydrogen-bond acceptors (Lipinski definition) is 2. The first-order chi connectivity index (χ1) is 12.0. The first-order valence-corrected chi connectivity index (χ1v) is 9.47. The number of halogens is 2. The van der Waals surface area contributed by atoms with Crippen LogP contribution in [-0.2, 0) is 4.79 Å². The molecular formula is C20H26F2N2O. The Hall–Kier alpha value is -1.49. The molecule has 1 aliphatic carbocycles. The van der Waals surface area contributed by atoms with E-state index in [1.807, 2.05) is 4.90 Å². The smallest absolute Gasteiger partial charge is 0.226 e. The van der Waals surface area contributed by atoms with Crippen molar-refractivity contribution in [2.75, 3.05) is 13.1 Å².